The number of imidazole rings is 1. The predicted octanol–water partition coefficient (Wildman–Crippen LogP) is 4.41. The van der Waals surface area contributed by atoms with Gasteiger partial charge in [-0.25, -0.2) is 4.98 Å². The summed E-state index contributed by atoms with van der Waals surface area (Å²) in [6, 6.07) is 8.69. The number of hydrogen-bond acceptors (Lipinski definition) is 2. The van der Waals surface area contributed by atoms with Crippen LogP contribution in [-0.4, -0.2) is 40.9 Å². The third kappa shape index (κ3) is 3.70. The Bertz CT molecular complexity index is 969. The molecule has 1 aromatic carbocycles. The number of rotatable bonds is 4. The van der Waals surface area contributed by atoms with E-state index >= 15 is 0 Å². The Labute approximate surface area is 162 Å². The van der Waals surface area contributed by atoms with Gasteiger partial charge in [0.25, 0.3) is 5.91 Å². The highest BCUT2D eigenvalue weighted by Crippen LogP contribution is 2.27. The lowest BCUT2D eigenvalue weighted by molar-refractivity contribution is -0.884. The van der Waals surface area contributed by atoms with E-state index in [-0.39, 0.29) is 11.5 Å². The summed E-state index contributed by atoms with van der Waals surface area (Å²) in [7, 11) is 6.39. The molecule has 2 heterocycles. The van der Waals surface area contributed by atoms with Crippen molar-refractivity contribution in [3.05, 3.63) is 63.5 Å². The van der Waals surface area contributed by atoms with Crippen molar-refractivity contribution in [2.75, 3.05) is 26.5 Å². The van der Waals surface area contributed by atoms with Gasteiger partial charge in [-0.2, -0.15) is 0 Å². The van der Waals surface area contributed by atoms with Crippen LogP contribution in [0.15, 0.2) is 36.5 Å². The van der Waals surface area contributed by atoms with Crippen molar-refractivity contribution in [2.24, 2.45) is 0 Å². The Morgan fingerprint density at radius 3 is 2.42 bits per heavy atom. The van der Waals surface area contributed by atoms with Crippen molar-refractivity contribution < 1.29 is 9.28 Å². The molecule has 0 atom stereocenters. The van der Waals surface area contributed by atoms with Crippen molar-refractivity contribution >= 4 is 40.4 Å². The molecule has 5 nitrogen and oxygen atoms in total. The summed E-state index contributed by atoms with van der Waals surface area (Å²) in [5.74, 6) is -0.359. The number of amides is 1. The van der Waals surface area contributed by atoms with Crippen LogP contribution in [0.2, 0.25) is 10.0 Å². The van der Waals surface area contributed by atoms with Crippen molar-refractivity contribution in [1.82, 2.24) is 9.38 Å². The number of benzene rings is 1. The number of fused-ring (bicyclic) bond motifs is 1. The van der Waals surface area contributed by atoms with Crippen LogP contribution in [0.3, 0.4) is 0 Å². The number of aromatic nitrogens is 2. The number of nitrogens with one attached hydrogen (secondary N) is 1. The molecule has 7 heteroatoms. The molecule has 0 saturated carbocycles. The van der Waals surface area contributed by atoms with E-state index in [9.17, 15) is 4.79 Å². The third-order valence-corrected chi connectivity index (χ3v) is 4.64. The van der Waals surface area contributed by atoms with Crippen LogP contribution >= 0.6 is 23.2 Å². The van der Waals surface area contributed by atoms with Crippen LogP contribution in [0.5, 0.6) is 0 Å². The van der Waals surface area contributed by atoms with Crippen LogP contribution in [-0.2, 0) is 6.54 Å². The first-order chi connectivity index (χ1) is 12.2. The predicted molar refractivity (Wildman–Crippen MR) is 106 cm³/mol. The van der Waals surface area contributed by atoms with E-state index in [2.05, 4.69) is 31.4 Å². The molecule has 3 rings (SSSR count). The Kier molecular flexibility index (Phi) is 4.97. The summed E-state index contributed by atoms with van der Waals surface area (Å²) in [5.41, 5.74) is 3.62. The average Bonchev–Trinajstić information content (AvgIpc) is 2.83. The number of carbonyl (C=O) groups is 1. The van der Waals surface area contributed by atoms with Crippen LogP contribution < -0.4 is 5.32 Å². The molecule has 0 fully saturated rings. The minimum Gasteiger partial charge on any atom is -0.326 e. The van der Waals surface area contributed by atoms with E-state index in [1.165, 1.54) is 0 Å². The molecule has 3 aromatic rings. The molecule has 0 aliphatic carbocycles. The lowest BCUT2D eigenvalue weighted by Crippen LogP contribution is -2.34. The second-order valence-corrected chi connectivity index (χ2v) is 8.07. The molecular formula is C19H21Cl2N4O+. The second kappa shape index (κ2) is 6.91. The van der Waals surface area contributed by atoms with Crippen LogP contribution in [0.1, 0.15) is 21.7 Å². The quantitative estimate of drug-likeness (QED) is 0.669. The zero-order chi connectivity index (χ0) is 19.1. The van der Waals surface area contributed by atoms with E-state index in [4.69, 9.17) is 23.2 Å². The maximum Gasteiger partial charge on any atom is 0.258 e. The summed E-state index contributed by atoms with van der Waals surface area (Å²) in [4.78, 5) is 17.4. The molecule has 0 unspecified atom stereocenters. The van der Waals surface area contributed by atoms with E-state index in [1.54, 1.807) is 18.2 Å². The first-order valence-electron chi connectivity index (χ1n) is 8.20. The Hall–Kier alpha value is -2.08. The lowest BCUT2D eigenvalue weighted by atomic mass is 10.2. The molecule has 0 aliphatic heterocycles. The normalized spacial score (nSPS) is 11.8. The summed E-state index contributed by atoms with van der Waals surface area (Å²) < 4.78 is 2.79. The van der Waals surface area contributed by atoms with Crippen molar-refractivity contribution in [2.45, 2.75) is 13.5 Å². The van der Waals surface area contributed by atoms with Gasteiger partial charge in [-0.05, 0) is 31.2 Å². The van der Waals surface area contributed by atoms with E-state index in [0.717, 1.165) is 22.4 Å². The molecule has 1 N–H and O–H groups in total. The number of anilines is 1. The molecule has 2 aromatic heterocycles. The van der Waals surface area contributed by atoms with E-state index in [1.807, 2.05) is 29.7 Å². The summed E-state index contributed by atoms with van der Waals surface area (Å²) in [6.07, 6.45) is 1.96. The largest absolute Gasteiger partial charge is 0.326 e. The highest BCUT2D eigenvalue weighted by atomic mass is 35.5. The van der Waals surface area contributed by atoms with Crippen molar-refractivity contribution in [3.63, 3.8) is 0 Å². The molecule has 0 radical (unpaired) electrons. The van der Waals surface area contributed by atoms with E-state index in [0.29, 0.717) is 21.4 Å². The van der Waals surface area contributed by atoms with Gasteiger partial charge in [0, 0.05) is 6.20 Å². The number of aryl methyl sites for hydroxylation is 1. The molecular weight excluding hydrogens is 371 g/mol. The van der Waals surface area contributed by atoms with Gasteiger partial charge in [-0.3, -0.25) is 9.20 Å². The maximum absolute atomic E-state index is 12.7. The smallest absolute Gasteiger partial charge is 0.258 e. The van der Waals surface area contributed by atoms with Gasteiger partial charge in [0.1, 0.15) is 12.2 Å². The molecule has 1 amide bonds. The second-order valence-electron chi connectivity index (χ2n) is 7.26. The van der Waals surface area contributed by atoms with Gasteiger partial charge >= 0.3 is 0 Å². The Balaban J connectivity index is 2.02. The fourth-order valence-corrected chi connectivity index (χ4v) is 3.44. The highest BCUT2D eigenvalue weighted by molar-refractivity contribution is 6.40. The zero-order valence-corrected chi connectivity index (χ0v) is 16.7. The molecule has 0 saturated heterocycles. The number of quaternary nitrogens is 1. The number of carbonyl (C=O) groups excluding carboxylic acids is 1. The van der Waals surface area contributed by atoms with Gasteiger partial charge in [0.2, 0.25) is 0 Å². The average molecular weight is 392 g/mol. The Morgan fingerprint density at radius 1 is 1.15 bits per heavy atom. The van der Waals surface area contributed by atoms with E-state index < -0.39 is 0 Å². The van der Waals surface area contributed by atoms with Gasteiger partial charge in [0.05, 0.1) is 48.1 Å². The Morgan fingerprint density at radius 2 is 1.81 bits per heavy atom. The van der Waals surface area contributed by atoms with Crippen LogP contribution in [0.4, 0.5) is 5.69 Å². The van der Waals surface area contributed by atoms with Crippen LogP contribution in [0.25, 0.3) is 5.65 Å². The minimum absolute atomic E-state index is 0.257. The first-order valence-corrected chi connectivity index (χ1v) is 8.95. The lowest BCUT2D eigenvalue weighted by Gasteiger charge is -2.23. The van der Waals surface area contributed by atoms with Gasteiger partial charge in [0.15, 0.2) is 5.65 Å². The first kappa shape index (κ1) is 18.7. The highest BCUT2D eigenvalue weighted by Gasteiger charge is 2.20. The molecule has 0 spiro atoms. The van der Waals surface area contributed by atoms with Crippen molar-refractivity contribution in [1.29, 1.82) is 0 Å². The zero-order valence-electron chi connectivity index (χ0n) is 15.2. The summed E-state index contributed by atoms with van der Waals surface area (Å²) >= 11 is 12.3. The standard InChI is InChI=1S/C19H20Cl2N4O/c1-12-16(11-25(2,3)4)24-10-6-9-15(18(24)22-12)23-19(26)17-13(20)7-5-8-14(17)21/h5-10H,11H2,1-4H3/p+1. The van der Waals surface area contributed by atoms with Crippen LogP contribution in [0, 0.1) is 6.92 Å². The SMILES string of the molecule is Cc1nc2c(NC(=O)c3c(Cl)cccc3Cl)cccn2c1C[N+](C)(C)C. The number of nitrogens with zero attached hydrogens (tertiary/aromatic N) is 3. The molecule has 136 valence electrons. The summed E-state index contributed by atoms with van der Waals surface area (Å²) in [5, 5.41) is 3.51. The summed E-state index contributed by atoms with van der Waals surface area (Å²) in [6.45, 7) is 2.80. The molecule has 26 heavy (non-hydrogen) atoms. The fourth-order valence-electron chi connectivity index (χ4n) is 2.87. The third-order valence-electron chi connectivity index (χ3n) is 4.01. The fraction of sp³-hybridized carbons (Fsp3) is 0.263. The van der Waals surface area contributed by atoms with Crippen molar-refractivity contribution in [3.8, 4) is 0 Å². The number of pyridine rings is 1. The molecule has 0 bridgehead atoms. The number of hydrogen-bond donors (Lipinski definition) is 1. The topological polar surface area (TPSA) is 46.4 Å². The minimum atomic E-state index is -0.359. The van der Waals surface area contributed by atoms with Gasteiger partial charge < -0.3 is 9.80 Å². The number of halogens is 2. The monoisotopic (exact) mass is 391 g/mol. The maximum atomic E-state index is 12.7. The van der Waals surface area contributed by atoms with Gasteiger partial charge in [-0.15, -0.1) is 0 Å². The van der Waals surface area contributed by atoms with Gasteiger partial charge in [-0.1, -0.05) is 29.3 Å². The molecule has 0 aliphatic rings.